The zero-order valence-corrected chi connectivity index (χ0v) is 16.5. The average Bonchev–Trinajstić information content (AvgIpc) is 2.68. The lowest BCUT2D eigenvalue weighted by Gasteiger charge is -2.37. The lowest BCUT2D eigenvalue weighted by molar-refractivity contribution is -0.141. The van der Waals surface area contributed by atoms with Crippen LogP contribution in [0.4, 0.5) is 5.69 Å². The van der Waals surface area contributed by atoms with Gasteiger partial charge in [-0.05, 0) is 18.2 Å². The molecule has 0 aliphatic carbocycles. The van der Waals surface area contributed by atoms with Crippen LogP contribution in [0.3, 0.4) is 0 Å². The van der Waals surface area contributed by atoms with E-state index < -0.39 is 0 Å². The smallest absolute Gasteiger partial charge is 0.320 e. The molecule has 1 aromatic carbocycles. The number of thioether (sulfide) groups is 1. The second-order valence-electron chi connectivity index (χ2n) is 6.47. The van der Waals surface area contributed by atoms with Crippen LogP contribution in [-0.4, -0.2) is 85.6 Å². The number of piperazine rings is 1. The fourth-order valence-electron chi connectivity index (χ4n) is 3.28. The molecule has 26 heavy (non-hydrogen) atoms. The molecule has 0 bridgehead atoms. The Kier molecular flexibility index (Phi) is 6.67. The Bertz CT molecular complexity index is 652. The van der Waals surface area contributed by atoms with E-state index in [1.165, 1.54) is 7.11 Å². The van der Waals surface area contributed by atoms with Gasteiger partial charge in [0.1, 0.15) is 5.25 Å². The summed E-state index contributed by atoms with van der Waals surface area (Å²) in [5.41, 5.74) is 1.12. The lowest BCUT2D eigenvalue weighted by atomic mass is 10.2. The van der Waals surface area contributed by atoms with E-state index in [1.807, 2.05) is 18.2 Å². The van der Waals surface area contributed by atoms with Crippen LogP contribution in [0.15, 0.2) is 24.3 Å². The Morgan fingerprint density at radius 3 is 2.69 bits per heavy atom. The molecule has 0 spiro atoms. The van der Waals surface area contributed by atoms with E-state index >= 15 is 0 Å². The van der Waals surface area contributed by atoms with Gasteiger partial charge in [0.2, 0.25) is 5.91 Å². The molecule has 1 aromatic rings. The zero-order chi connectivity index (χ0) is 18.5. The number of methoxy groups -OCH3 is 1. The molecule has 1 amide bonds. The SMILES string of the molecule is COC(=O)[C@@H]1CN(C(=O)CN2CCN(c3cccc(Cl)c3)CC2)CCS1. The number of halogens is 1. The summed E-state index contributed by atoms with van der Waals surface area (Å²) in [6.45, 7) is 4.95. The van der Waals surface area contributed by atoms with E-state index in [2.05, 4.69) is 15.9 Å². The normalized spacial score (nSPS) is 21.5. The van der Waals surface area contributed by atoms with E-state index in [9.17, 15) is 9.59 Å². The number of rotatable bonds is 4. The summed E-state index contributed by atoms with van der Waals surface area (Å²) in [5, 5.41) is 0.473. The maximum Gasteiger partial charge on any atom is 0.320 e. The summed E-state index contributed by atoms with van der Waals surface area (Å²) >= 11 is 7.63. The minimum atomic E-state index is -0.266. The summed E-state index contributed by atoms with van der Waals surface area (Å²) in [5.74, 6) is 0.617. The fourth-order valence-corrected chi connectivity index (χ4v) is 4.59. The molecule has 1 atom stereocenters. The molecule has 2 aliphatic rings. The van der Waals surface area contributed by atoms with Gasteiger partial charge in [-0.15, -0.1) is 11.8 Å². The second-order valence-corrected chi connectivity index (χ2v) is 8.21. The van der Waals surface area contributed by atoms with Crippen LogP contribution in [0.2, 0.25) is 5.02 Å². The topological polar surface area (TPSA) is 53.1 Å². The van der Waals surface area contributed by atoms with Crippen LogP contribution < -0.4 is 4.90 Å². The molecule has 142 valence electrons. The molecule has 0 aromatic heterocycles. The molecular weight excluding hydrogens is 374 g/mol. The highest BCUT2D eigenvalue weighted by Crippen LogP contribution is 2.22. The number of nitrogens with zero attached hydrogens (tertiary/aromatic N) is 3. The van der Waals surface area contributed by atoms with Crippen molar-refractivity contribution in [2.75, 3.05) is 63.6 Å². The van der Waals surface area contributed by atoms with Crippen molar-refractivity contribution in [2.45, 2.75) is 5.25 Å². The molecule has 0 unspecified atom stereocenters. The molecular formula is C18H24ClN3O3S. The van der Waals surface area contributed by atoms with Gasteiger partial charge in [-0.2, -0.15) is 0 Å². The molecule has 2 heterocycles. The van der Waals surface area contributed by atoms with Crippen LogP contribution >= 0.6 is 23.4 Å². The van der Waals surface area contributed by atoms with Gasteiger partial charge < -0.3 is 14.5 Å². The summed E-state index contributed by atoms with van der Waals surface area (Å²) in [6.07, 6.45) is 0. The van der Waals surface area contributed by atoms with Crippen molar-refractivity contribution in [2.24, 2.45) is 0 Å². The van der Waals surface area contributed by atoms with Crippen LogP contribution in [-0.2, 0) is 14.3 Å². The van der Waals surface area contributed by atoms with Crippen molar-refractivity contribution in [3.8, 4) is 0 Å². The molecule has 2 aliphatic heterocycles. The standard InChI is InChI=1S/C18H24ClN3O3S/c1-25-18(24)16-12-22(9-10-26-16)17(23)13-20-5-7-21(8-6-20)15-4-2-3-14(19)11-15/h2-4,11,16H,5-10,12-13H2,1H3/t16-/m0/s1. The molecule has 0 saturated carbocycles. The maximum absolute atomic E-state index is 12.6. The number of amides is 1. The van der Waals surface area contributed by atoms with Gasteiger partial charge in [-0.3, -0.25) is 14.5 Å². The Morgan fingerprint density at radius 2 is 2.00 bits per heavy atom. The van der Waals surface area contributed by atoms with Gasteiger partial charge in [0, 0.05) is 55.7 Å². The lowest BCUT2D eigenvalue weighted by Crippen LogP contribution is -2.52. The molecule has 2 saturated heterocycles. The highest BCUT2D eigenvalue weighted by atomic mass is 35.5. The largest absolute Gasteiger partial charge is 0.468 e. The van der Waals surface area contributed by atoms with E-state index in [0.29, 0.717) is 19.6 Å². The Hall–Kier alpha value is -1.44. The minimum Gasteiger partial charge on any atom is -0.468 e. The van der Waals surface area contributed by atoms with E-state index in [4.69, 9.17) is 16.3 Å². The first kappa shape index (κ1) is 19.3. The zero-order valence-electron chi connectivity index (χ0n) is 14.9. The first-order valence-corrected chi connectivity index (χ1v) is 10.2. The quantitative estimate of drug-likeness (QED) is 0.719. The Labute approximate surface area is 163 Å². The van der Waals surface area contributed by atoms with Crippen molar-refractivity contribution in [1.29, 1.82) is 0 Å². The fraction of sp³-hybridized carbons (Fsp3) is 0.556. The number of carbonyl (C=O) groups is 2. The number of ether oxygens (including phenoxy) is 1. The summed E-state index contributed by atoms with van der Waals surface area (Å²) in [7, 11) is 1.39. The maximum atomic E-state index is 12.6. The van der Waals surface area contributed by atoms with E-state index in [-0.39, 0.29) is 17.1 Å². The molecule has 8 heteroatoms. The van der Waals surface area contributed by atoms with Crippen molar-refractivity contribution < 1.29 is 14.3 Å². The second kappa shape index (κ2) is 8.97. The van der Waals surface area contributed by atoms with Crippen molar-refractivity contribution >= 4 is 40.9 Å². The van der Waals surface area contributed by atoms with Gasteiger partial charge >= 0.3 is 5.97 Å². The molecule has 0 N–H and O–H groups in total. The summed E-state index contributed by atoms with van der Waals surface area (Å²) in [6, 6.07) is 7.86. The number of benzene rings is 1. The Morgan fingerprint density at radius 1 is 1.23 bits per heavy atom. The third kappa shape index (κ3) is 4.84. The number of anilines is 1. The van der Waals surface area contributed by atoms with Crippen LogP contribution in [0.25, 0.3) is 0 Å². The predicted octanol–water partition coefficient (Wildman–Crippen LogP) is 1.58. The summed E-state index contributed by atoms with van der Waals surface area (Å²) < 4.78 is 4.81. The number of hydrogen-bond donors (Lipinski definition) is 0. The first-order valence-electron chi connectivity index (χ1n) is 8.77. The highest BCUT2D eigenvalue weighted by Gasteiger charge is 2.30. The third-order valence-corrected chi connectivity index (χ3v) is 6.19. The number of carbonyl (C=O) groups excluding carboxylic acids is 2. The molecule has 0 radical (unpaired) electrons. The van der Waals surface area contributed by atoms with Gasteiger partial charge in [0.05, 0.1) is 13.7 Å². The predicted molar refractivity (Wildman–Crippen MR) is 105 cm³/mol. The van der Waals surface area contributed by atoms with Gasteiger partial charge in [-0.1, -0.05) is 17.7 Å². The first-order chi connectivity index (χ1) is 12.6. The van der Waals surface area contributed by atoms with Gasteiger partial charge in [-0.25, -0.2) is 0 Å². The van der Waals surface area contributed by atoms with Crippen LogP contribution in [0, 0.1) is 0 Å². The molecule has 3 rings (SSSR count). The number of esters is 1. The van der Waals surface area contributed by atoms with Gasteiger partial charge in [0.25, 0.3) is 0 Å². The van der Waals surface area contributed by atoms with E-state index in [1.54, 1.807) is 16.7 Å². The third-order valence-electron chi connectivity index (χ3n) is 4.79. The highest BCUT2D eigenvalue weighted by molar-refractivity contribution is 8.00. The van der Waals surface area contributed by atoms with Gasteiger partial charge in [0.15, 0.2) is 0 Å². The molecule has 6 nitrogen and oxygen atoms in total. The van der Waals surface area contributed by atoms with Crippen molar-refractivity contribution in [3.05, 3.63) is 29.3 Å². The van der Waals surface area contributed by atoms with Crippen molar-refractivity contribution in [3.63, 3.8) is 0 Å². The average molecular weight is 398 g/mol. The van der Waals surface area contributed by atoms with Crippen molar-refractivity contribution in [1.82, 2.24) is 9.80 Å². The monoisotopic (exact) mass is 397 g/mol. The van der Waals surface area contributed by atoms with E-state index in [0.717, 1.165) is 42.6 Å². The summed E-state index contributed by atoms with van der Waals surface area (Å²) in [4.78, 5) is 30.6. The number of hydrogen-bond acceptors (Lipinski definition) is 6. The molecule has 2 fully saturated rings. The van der Waals surface area contributed by atoms with Crippen LogP contribution in [0.5, 0.6) is 0 Å². The minimum absolute atomic E-state index is 0.0930. The van der Waals surface area contributed by atoms with Crippen LogP contribution in [0.1, 0.15) is 0 Å². The Balaban J connectivity index is 1.48.